The SMILES string of the molecule is CCc1noc(C)c1C(=O)N1CC(O)C1. The number of aliphatic hydroxyl groups is 1. The summed E-state index contributed by atoms with van der Waals surface area (Å²) >= 11 is 0. The third-order valence-electron chi connectivity index (χ3n) is 2.63. The Morgan fingerprint density at radius 3 is 2.87 bits per heavy atom. The molecular formula is C10H14N2O3. The lowest BCUT2D eigenvalue weighted by molar-refractivity contribution is 0.00571. The lowest BCUT2D eigenvalue weighted by Crippen LogP contribution is -2.53. The van der Waals surface area contributed by atoms with E-state index in [1.807, 2.05) is 6.92 Å². The highest BCUT2D eigenvalue weighted by molar-refractivity contribution is 5.96. The fourth-order valence-electron chi connectivity index (χ4n) is 1.71. The Morgan fingerprint density at radius 2 is 2.33 bits per heavy atom. The first-order chi connectivity index (χ1) is 7.13. The summed E-state index contributed by atoms with van der Waals surface area (Å²) in [6, 6.07) is 0. The Bertz CT molecular complexity index is 380. The van der Waals surface area contributed by atoms with Crippen molar-refractivity contribution >= 4 is 5.91 Å². The number of aliphatic hydroxyl groups excluding tert-OH is 1. The maximum atomic E-state index is 11.9. The first kappa shape index (κ1) is 10.2. The lowest BCUT2D eigenvalue weighted by atomic mass is 10.1. The smallest absolute Gasteiger partial charge is 0.259 e. The number of carbonyl (C=O) groups excluding carboxylic acids is 1. The Balaban J connectivity index is 2.21. The van der Waals surface area contributed by atoms with Gasteiger partial charge < -0.3 is 14.5 Å². The van der Waals surface area contributed by atoms with Crippen LogP contribution in [0.3, 0.4) is 0 Å². The van der Waals surface area contributed by atoms with E-state index in [4.69, 9.17) is 9.63 Å². The molecule has 1 fully saturated rings. The molecule has 0 spiro atoms. The molecule has 1 aliphatic rings. The second kappa shape index (κ2) is 3.66. The number of hydrogen-bond acceptors (Lipinski definition) is 4. The minimum absolute atomic E-state index is 0.0871. The van der Waals surface area contributed by atoms with Gasteiger partial charge in [-0.3, -0.25) is 4.79 Å². The number of β-amino-alcohol motifs (C(OH)–C–C–N with tert-alkyl or cyclic N) is 1. The number of carbonyl (C=O) groups is 1. The summed E-state index contributed by atoms with van der Waals surface area (Å²) in [5.74, 6) is 0.467. The van der Waals surface area contributed by atoms with Crippen LogP contribution in [0.5, 0.6) is 0 Å². The zero-order chi connectivity index (χ0) is 11.0. The standard InChI is InChI=1S/C10H14N2O3/c1-3-8-9(6(2)15-11-8)10(14)12-4-7(13)5-12/h7,13H,3-5H2,1-2H3. The summed E-state index contributed by atoms with van der Waals surface area (Å²) in [4.78, 5) is 13.5. The molecule has 0 aliphatic carbocycles. The maximum Gasteiger partial charge on any atom is 0.259 e. The number of hydrogen-bond donors (Lipinski definition) is 1. The largest absolute Gasteiger partial charge is 0.389 e. The van der Waals surface area contributed by atoms with Crippen molar-refractivity contribution < 1.29 is 14.4 Å². The summed E-state index contributed by atoms with van der Waals surface area (Å²) in [5, 5.41) is 13.0. The summed E-state index contributed by atoms with van der Waals surface area (Å²) < 4.78 is 4.99. The molecule has 0 bridgehead atoms. The van der Waals surface area contributed by atoms with Gasteiger partial charge in [0.15, 0.2) is 0 Å². The molecule has 5 heteroatoms. The van der Waals surface area contributed by atoms with E-state index in [1.165, 1.54) is 0 Å². The van der Waals surface area contributed by atoms with Crippen LogP contribution >= 0.6 is 0 Å². The second-order valence-corrected chi connectivity index (χ2v) is 3.78. The highest BCUT2D eigenvalue weighted by Gasteiger charge is 2.32. The fourth-order valence-corrected chi connectivity index (χ4v) is 1.71. The summed E-state index contributed by atoms with van der Waals surface area (Å²) in [7, 11) is 0. The number of nitrogens with zero attached hydrogens (tertiary/aromatic N) is 2. The van der Waals surface area contributed by atoms with Gasteiger partial charge in [0, 0.05) is 13.1 Å². The predicted molar refractivity (Wildman–Crippen MR) is 52.5 cm³/mol. The van der Waals surface area contributed by atoms with Crippen molar-refractivity contribution in [1.82, 2.24) is 10.1 Å². The molecule has 0 radical (unpaired) electrons. The molecule has 0 atom stereocenters. The minimum atomic E-state index is -0.376. The number of amides is 1. The molecule has 1 aromatic heterocycles. The van der Waals surface area contributed by atoms with Crippen molar-refractivity contribution in [3.8, 4) is 0 Å². The molecule has 15 heavy (non-hydrogen) atoms. The van der Waals surface area contributed by atoms with Gasteiger partial charge in [-0.15, -0.1) is 0 Å². The zero-order valence-corrected chi connectivity index (χ0v) is 8.86. The molecule has 1 saturated heterocycles. The van der Waals surface area contributed by atoms with E-state index in [2.05, 4.69) is 5.16 Å². The zero-order valence-electron chi connectivity index (χ0n) is 8.86. The van der Waals surface area contributed by atoms with E-state index in [0.29, 0.717) is 36.5 Å². The van der Waals surface area contributed by atoms with Crippen molar-refractivity contribution in [2.75, 3.05) is 13.1 Å². The number of aryl methyl sites for hydroxylation is 2. The van der Waals surface area contributed by atoms with Crippen molar-refractivity contribution in [2.45, 2.75) is 26.4 Å². The van der Waals surface area contributed by atoms with E-state index in [9.17, 15) is 4.79 Å². The first-order valence-corrected chi connectivity index (χ1v) is 5.06. The normalized spacial score (nSPS) is 16.6. The molecule has 1 N–H and O–H groups in total. The minimum Gasteiger partial charge on any atom is -0.389 e. The number of aromatic nitrogens is 1. The molecule has 1 aromatic rings. The third kappa shape index (κ3) is 1.63. The molecule has 2 heterocycles. The Morgan fingerprint density at radius 1 is 1.67 bits per heavy atom. The second-order valence-electron chi connectivity index (χ2n) is 3.78. The summed E-state index contributed by atoms with van der Waals surface area (Å²) in [6.07, 6.45) is 0.300. The van der Waals surface area contributed by atoms with Crippen LogP contribution in [0.25, 0.3) is 0 Å². The van der Waals surface area contributed by atoms with Crippen molar-refractivity contribution in [3.63, 3.8) is 0 Å². The van der Waals surface area contributed by atoms with Gasteiger partial charge in [-0.1, -0.05) is 12.1 Å². The molecule has 1 amide bonds. The van der Waals surface area contributed by atoms with Crippen LogP contribution in [0.15, 0.2) is 4.52 Å². The van der Waals surface area contributed by atoms with Gasteiger partial charge in [0.2, 0.25) is 0 Å². The van der Waals surface area contributed by atoms with Crippen LogP contribution in [0, 0.1) is 6.92 Å². The number of rotatable bonds is 2. The van der Waals surface area contributed by atoms with E-state index in [0.717, 1.165) is 0 Å². The van der Waals surface area contributed by atoms with E-state index in [-0.39, 0.29) is 12.0 Å². The van der Waals surface area contributed by atoms with Gasteiger partial charge in [0.05, 0.1) is 11.8 Å². The molecule has 2 rings (SSSR count). The van der Waals surface area contributed by atoms with Crippen molar-refractivity contribution in [1.29, 1.82) is 0 Å². The molecule has 0 saturated carbocycles. The average molecular weight is 210 g/mol. The fraction of sp³-hybridized carbons (Fsp3) is 0.600. The summed E-state index contributed by atoms with van der Waals surface area (Å²) in [5.41, 5.74) is 1.25. The summed E-state index contributed by atoms with van der Waals surface area (Å²) in [6.45, 7) is 4.48. The molecule has 0 unspecified atom stereocenters. The van der Waals surface area contributed by atoms with E-state index in [1.54, 1.807) is 11.8 Å². The molecule has 1 aliphatic heterocycles. The first-order valence-electron chi connectivity index (χ1n) is 5.06. The van der Waals surface area contributed by atoms with Gasteiger partial charge >= 0.3 is 0 Å². The van der Waals surface area contributed by atoms with Crippen molar-refractivity contribution in [3.05, 3.63) is 17.0 Å². The van der Waals surface area contributed by atoms with Crippen LogP contribution in [0.4, 0.5) is 0 Å². The van der Waals surface area contributed by atoms with E-state index >= 15 is 0 Å². The number of likely N-dealkylation sites (tertiary alicyclic amines) is 1. The van der Waals surface area contributed by atoms with Gasteiger partial charge in [-0.2, -0.15) is 0 Å². The lowest BCUT2D eigenvalue weighted by Gasteiger charge is -2.35. The van der Waals surface area contributed by atoms with Crippen LogP contribution < -0.4 is 0 Å². The highest BCUT2D eigenvalue weighted by atomic mass is 16.5. The highest BCUT2D eigenvalue weighted by Crippen LogP contribution is 2.19. The van der Waals surface area contributed by atoms with Gasteiger partial charge in [0.25, 0.3) is 5.91 Å². The monoisotopic (exact) mass is 210 g/mol. The van der Waals surface area contributed by atoms with E-state index < -0.39 is 0 Å². The van der Waals surface area contributed by atoms with Crippen LogP contribution in [0.2, 0.25) is 0 Å². The molecule has 5 nitrogen and oxygen atoms in total. The topological polar surface area (TPSA) is 66.6 Å². The Labute approximate surface area is 87.7 Å². The van der Waals surface area contributed by atoms with Gasteiger partial charge in [0.1, 0.15) is 11.3 Å². The van der Waals surface area contributed by atoms with Gasteiger partial charge in [-0.25, -0.2) is 0 Å². The predicted octanol–water partition coefficient (Wildman–Crippen LogP) is 0.362. The molecular weight excluding hydrogens is 196 g/mol. The molecule has 82 valence electrons. The van der Waals surface area contributed by atoms with Crippen LogP contribution in [-0.4, -0.2) is 40.3 Å². The Kier molecular flexibility index (Phi) is 2.48. The van der Waals surface area contributed by atoms with Gasteiger partial charge in [-0.05, 0) is 13.3 Å². The third-order valence-corrected chi connectivity index (χ3v) is 2.63. The average Bonchev–Trinajstić information content (AvgIpc) is 2.53. The quantitative estimate of drug-likeness (QED) is 0.765. The maximum absolute atomic E-state index is 11.9. The van der Waals surface area contributed by atoms with Crippen molar-refractivity contribution in [2.24, 2.45) is 0 Å². The van der Waals surface area contributed by atoms with Crippen LogP contribution in [-0.2, 0) is 6.42 Å². The Hall–Kier alpha value is -1.36. The molecule has 0 aromatic carbocycles. The van der Waals surface area contributed by atoms with Crippen LogP contribution in [0.1, 0.15) is 28.7 Å².